The van der Waals surface area contributed by atoms with Crippen molar-refractivity contribution in [2.75, 3.05) is 13.6 Å². The maximum atomic E-state index is 7.51. The van der Waals surface area contributed by atoms with Gasteiger partial charge in [0.05, 0.1) is 0 Å². The SMILES string of the molecule is CN(Cc1cccnc1C(=N)N)CC1CCC1. The van der Waals surface area contributed by atoms with Crippen LogP contribution >= 0.6 is 0 Å². The molecule has 1 aromatic rings. The average molecular weight is 232 g/mol. The van der Waals surface area contributed by atoms with Crippen molar-refractivity contribution in [3.8, 4) is 0 Å². The molecular formula is C13H20N4. The van der Waals surface area contributed by atoms with Gasteiger partial charge in [0.2, 0.25) is 0 Å². The van der Waals surface area contributed by atoms with E-state index in [9.17, 15) is 0 Å². The van der Waals surface area contributed by atoms with Gasteiger partial charge in [0, 0.05) is 19.3 Å². The third-order valence-electron chi connectivity index (χ3n) is 3.38. The number of amidine groups is 1. The standard InChI is InChI=1S/C13H20N4/c1-17(8-10-4-2-5-10)9-11-6-3-7-16-12(11)13(14)15/h3,6-7,10H,2,4-5,8-9H2,1H3,(H3,14,15). The highest BCUT2D eigenvalue weighted by molar-refractivity contribution is 5.94. The Bertz CT molecular complexity index is 398. The Balaban J connectivity index is 1.99. The topological polar surface area (TPSA) is 66.0 Å². The molecule has 0 spiro atoms. The summed E-state index contributed by atoms with van der Waals surface area (Å²) in [5.74, 6) is 0.912. The van der Waals surface area contributed by atoms with Crippen molar-refractivity contribution in [2.24, 2.45) is 11.7 Å². The minimum Gasteiger partial charge on any atom is -0.382 e. The highest BCUT2D eigenvalue weighted by Crippen LogP contribution is 2.27. The smallest absolute Gasteiger partial charge is 0.142 e. The Morgan fingerprint density at radius 1 is 1.59 bits per heavy atom. The summed E-state index contributed by atoms with van der Waals surface area (Å²) < 4.78 is 0. The molecule has 1 aliphatic carbocycles. The van der Waals surface area contributed by atoms with Crippen molar-refractivity contribution in [3.05, 3.63) is 29.6 Å². The highest BCUT2D eigenvalue weighted by atomic mass is 15.1. The van der Waals surface area contributed by atoms with Crippen molar-refractivity contribution in [1.29, 1.82) is 5.41 Å². The van der Waals surface area contributed by atoms with E-state index in [2.05, 4.69) is 16.9 Å². The van der Waals surface area contributed by atoms with Gasteiger partial charge in [0.1, 0.15) is 11.5 Å². The van der Waals surface area contributed by atoms with Crippen molar-refractivity contribution in [2.45, 2.75) is 25.8 Å². The fourth-order valence-electron chi connectivity index (χ4n) is 2.28. The van der Waals surface area contributed by atoms with Crippen LogP contribution in [0.25, 0.3) is 0 Å². The largest absolute Gasteiger partial charge is 0.382 e. The second-order valence-electron chi connectivity index (χ2n) is 4.92. The molecule has 1 saturated carbocycles. The van der Waals surface area contributed by atoms with Gasteiger partial charge in [-0.1, -0.05) is 12.5 Å². The molecule has 4 heteroatoms. The van der Waals surface area contributed by atoms with Gasteiger partial charge in [-0.2, -0.15) is 0 Å². The second-order valence-corrected chi connectivity index (χ2v) is 4.92. The van der Waals surface area contributed by atoms with Gasteiger partial charge in [-0.05, 0) is 37.4 Å². The molecule has 0 radical (unpaired) electrons. The quantitative estimate of drug-likeness (QED) is 0.598. The summed E-state index contributed by atoms with van der Waals surface area (Å²) in [5, 5.41) is 7.51. The van der Waals surface area contributed by atoms with E-state index in [0.717, 1.165) is 24.6 Å². The molecular weight excluding hydrogens is 212 g/mol. The predicted octanol–water partition coefficient (Wildman–Crippen LogP) is 1.60. The van der Waals surface area contributed by atoms with Crippen molar-refractivity contribution in [3.63, 3.8) is 0 Å². The molecule has 1 fully saturated rings. The number of aromatic nitrogens is 1. The minimum atomic E-state index is 0.0534. The molecule has 1 aliphatic rings. The molecule has 3 N–H and O–H groups in total. The van der Waals surface area contributed by atoms with Gasteiger partial charge < -0.3 is 10.6 Å². The van der Waals surface area contributed by atoms with Crippen LogP contribution in [0.4, 0.5) is 0 Å². The zero-order chi connectivity index (χ0) is 12.3. The van der Waals surface area contributed by atoms with Crippen molar-refractivity contribution < 1.29 is 0 Å². The normalized spacial score (nSPS) is 15.9. The lowest BCUT2D eigenvalue weighted by atomic mass is 9.85. The highest BCUT2D eigenvalue weighted by Gasteiger charge is 2.19. The predicted molar refractivity (Wildman–Crippen MR) is 68.9 cm³/mol. The van der Waals surface area contributed by atoms with Gasteiger partial charge in [-0.25, -0.2) is 0 Å². The molecule has 0 atom stereocenters. The summed E-state index contributed by atoms with van der Waals surface area (Å²) in [5.41, 5.74) is 7.19. The first-order valence-corrected chi connectivity index (χ1v) is 6.13. The van der Waals surface area contributed by atoms with E-state index in [4.69, 9.17) is 11.1 Å². The Morgan fingerprint density at radius 3 is 2.94 bits per heavy atom. The van der Waals surface area contributed by atoms with E-state index in [0.29, 0.717) is 5.69 Å². The fraction of sp³-hybridized carbons (Fsp3) is 0.538. The lowest BCUT2D eigenvalue weighted by Gasteiger charge is -2.30. The number of nitrogens with two attached hydrogens (primary N) is 1. The maximum Gasteiger partial charge on any atom is 0.142 e. The van der Waals surface area contributed by atoms with E-state index in [1.165, 1.54) is 19.3 Å². The summed E-state index contributed by atoms with van der Waals surface area (Å²) in [6, 6.07) is 3.90. The first-order chi connectivity index (χ1) is 8.16. The van der Waals surface area contributed by atoms with Crippen molar-refractivity contribution in [1.82, 2.24) is 9.88 Å². The van der Waals surface area contributed by atoms with Gasteiger partial charge in [0.15, 0.2) is 0 Å². The number of pyridine rings is 1. The van der Waals surface area contributed by atoms with Gasteiger partial charge in [-0.3, -0.25) is 10.4 Å². The van der Waals surface area contributed by atoms with Crippen LogP contribution < -0.4 is 5.73 Å². The first-order valence-electron chi connectivity index (χ1n) is 6.13. The summed E-state index contributed by atoms with van der Waals surface area (Å²) in [4.78, 5) is 6.47. The third-order valence-corrected chi connectivity index (χ3v) is 3.38. The molecule has 0 bridgehead atoms. The molecule has 4 nitrogen and oxygen atoms in total. The van der Waals surface area contributed by atoms with E-state index in [1.807, 2.05) is 12.1 Å². The molecule has 92 valence electrons. The molecule has 1 aromatic heterocycles. The molecule has 0 aliphatic heterocycles. The van der Waals surface area contributed by atoms with Crippen LogP contribution in [0.15, 0.2) is 18.3 Å². The third kappa shape index (κ3) is 3.03. The second kappa shape index (κ2) is 5.27. The number of nitrogens with one attached hydrogen (secondary N) is 1. The average Bonchev–Trinajstić information content (AvgIpc) is 2.24. The number of rotatable bonds is 5. The summed E-state index contributed by atoms with van der Waals surface area (Å²) in [7, 11) is 2.12. The van der Waals surface area contributed by atoms with E-state index in [1.54, 1.807) is 6.20 Å². The summed E-state index contributed by atoms with van der Waals surface area (Å²) >= 11 is 0. The van der Waals surface area contributed by atoms with Crippen LogP contribution in [0.2, 0.25) is 0 Å². The van der Waals surface area contributed by atoms with E-state index >= 15 is 0 Å². The van der Waals surface area contributed by atoms with Crippen LogP contribution in [0, 0.1) is 11.3 Å². The van der Waals surface area contributed by atoms with Crippen LogP contribution in [-0.2, 0) is 6.54 Å². The molecule has 1 heterocycles. The van der Waals surface area contributed by atoms with Crippen LogP contribution in [0.5, 0.6) is 0 Å². The zero-order valence-corrected chi connectivity index (χ0v) is 10.3. The Morgan fingerprint density at radius 2 is 2.35 bits per heavy atom. The molecule has 0 saturated heterocycles. The Kier molecular flexibility index (Phi) is 3.74. The number of nitrogens with zero attached hydrogens (tertiary/aromatic N) is 2. The zero-order valence-electron chi connectivity index (χ0n) is 10.3. The van der Waals surface area contributed by atoms with E-state index < -0.39 is 0 Å². The maximum absolute atomic E-state index is 7.51. The molecule has 2 rings (SSSR count). The van der Waals surface area contributed by atoms with Crippen LogP contribution in [0.3, 0.4) is 0 Å². The molecule has 17 heavy (non-hydrogen) atoms. The van der Waals surface area contributed by atoms with Crippen LogP contribution in [-0.4, -0.2) is 29.3 Å². The van der Waals surface area contributed by atoms with Gasteiger partial charge >= 0.3 is 0 Å². The molecule has 0 aromatic carbocycles. The molecule has 0 unspecified atom stereocenters. The lowest BCUT2D eigenvalue weighted by Crippen LogP contribution is -2.30. The number of nitrogen functional groups attached to an aromatic ring is 1. The fourth-order valence-corrected chi connectivity index (χ4v) is 2.28. The lowest BCUT2D eigenvalue weighted by molar-refractivity contribution is 0.200. The molecule has 0 amide bonds. The minimum absolute atomic E-state index is 0.0534. The van der Waals surface area contributed by atoms with E-state index in [-0.39, 0.29) is 5.84 Å². The number of hydrogen-bond acceptors (Lipinski definition) is 3. The Hall–Kier alpha value is -1.42. The summed E-state index contributed by atoms with van der Waals surface area (Å²) in [6.07, 6.45) is 5.78. The van der Waals surface area contributed by atoms with Gasteiger partial charge in [-0.15, -0.1) is 0 Å². The van der Waals surface area contributed by atoms with Crippen LogP contribution in [0.1, 0.15) is 30.5 Å². The summed E-state index contributed by atoms with van der Waals surface area (Å²) in [6.45, 7) is 1.95. The monoisotopic (exact) mass is 232 g/mol. The Labute approximate surface area is 102 Å². The first kappa shape index (κ1) is 12.0. The number of hydrogen-bond donors (Lipinski definition) is 2. The van der Waals surface area contributed by atoms with Crippen molar-refractivity contribution >= 4 is 5.84 Å². The van der Waals surface area contributed by atoms with Gasteiger partial charge in [0.25, 0.3) is 0 Å².